The summed E-state index contributed by atoms with van der Waals surface area (Å²) in [6, 6.07) is -2.36. The van der Waals surface area contributed by atoms with E-state index in [0.29, 0.717) is 120 Å². The summed E-state index contributed by atoms with van der Waals surface area (Å²) < 4.78 is 80.7. The summed E-state index contributed by atoms with van der Waals surface area (Å²) >= 11 is 0. The molecule has 8 aliphatic rings. The van der Waals surface area contributed by atoms with Gasteiger partial charge in [-0.1, -0.05) is 159 Å². The number of carbonyl (C=O) groups excluding carboxylic acids is 10. The third-order valence-electron chi connectivity index (χ3n) is 29.3. The highest BCUT2D eigenvalue weighted by Crippen LogP contribution is 2.42. The average Bonchev–Trinajstić information content (AvgIpc) is 0.773. The summed E-state index contributed by atoms with van der Waals surface area (Å²) in [5.41, 5.74) is 2.53. The molecule has 32 heteroatoms. The van der Waals surface area contributed by atoms with E-state index in [2.05, 4.69) is 5.09 Å². The summed E-state index contributed by atoms with van der Waals surface area (Å²) in [4.78, 5) is 144. The quantitative estimate of drug-likeness (QED) is 0.0407. The predicted octanol–water partition coefficient (Wildman–Crippen LogP) is 15.0. The standard InChI is InChI=1S/C52H82N2O13P.C51H79NO13.C2H6OP.CH4/c1-31-17-13-12-14-18-32(2)43(63-8)29-39-22-20-37(7)52(61,67-39)49(58)50(59)54-24-16-15-19-41(54)51(60)66-44(34(4)27-38-21-23-40(53-68(11)62)45(28-38)64-9)30-42(55)33(3)26-36(6)47(57)48(65-10)46(56)35(5)25-31;1-30-16-12-11-13-17-31(2)42(61-8)28-38-21-19-36(7)51(60,65-38)48(57)49(58)52-23-15-14-18-39(52)50(59)64-43(33(4)26-37-20-22-40(53)44(27-37)62-9)29-41(54)32(3)25-35(6)46(56)47(63-10)45(55)34(5)24-30;1-4(2)3;/h12-14,17-18,26,31,33-35,37-41,43-45,47-48,57,61H,15-16,19-25,27-30H2,1-11H3,(H,53,62);11-13,16-17,25,30,32-34,36-40,42-44,46-47,53,56,60H,14-15,18-24,26-29H2,1-10H3;1-2H3;1H4/q+1;;+1;/b14-12?,17-13+,32-18?,36-26+;13-11?,16-12+,31-17?,35-25+;;/t31-,33-,34-,35-,37-,38+,39+,40?,41+,43+,44+,45-,47-,48+,52-;30-,32-,33-,34-,36-,37+,38+,39+,40?,42+,43+,44-,46-,47+,51-;;/m11../s1. The van der Waals surface area contributed by atoms with Gasteiger partial charge in [-0.05, 0) is 214 Å². The first-order chi connectivity index (χ1) is 64.6. The van der Waals surface area contributed by atoms with Gasteiger partial charge in [0.05, 0.1) is 48.8 Å². The van der Waals surface area contributed by atoms with Gasteiger partial charge < -0.3 is 82.7 Å². The summed E-state index contributed by atoms with van der Waals surface area (Å²) in [5, 5.41) is 60.4. The van der Waals surface area contributed by atoms with Crippen LogP contribution in [0.1, 0.15) is 258 Å². The van der Waals surface area contributed by atoms with E-state index in [1.165, 1.54) is 24.0 Å². The van der Waals surface area contributed by atoms with Gasteiger partial charge >= 0.3 is 27.7 Å². The fourth-order valence-corrected chi connectivity index (χ4v) is 21.4. The number of esters is 2. The summed E-state index contributed by atoms with van der Waals surface area (Å²) in [6.07, 6.45) is 23.4. The Labute approximate surface area is 824 Å². The number of ether oxygens (including phenoxy) is 10. The monoisotopic (exact) mass is 1980 g/mol. The van der Waals surface area contributed by atoms with Gasteiger partial charge in [0.1, 0.15) is 73.6 Å². The van der Waals surface area contributed by atoms with Crippen LogP contribution in [-0.4, -0.2) is 279 Å². The maximum absolute atomic E-state index is 14.5. The highest BCUT2D eigenvalue weighted by atomic mass is 31.1. The number of amides is 2. The smallest absolute Gasteiger partial charge is 0.429 e. The van der Waals surface area contributed by atoms with E-state index in [9.17, 15) is 82.6 Å². The molecular weight excluding hydrogens is 1810 g/mol. The summed E-state index contributed by atoms with van der Waals surface area (Å²) in [5.74, 6) is -15.9. The van der Waals surface area contributed by atoms with Crippen molar-refractivity contribution in [3.63, 3.8) is 0 Å². The number of allylic oxidation sites excluding steroid dienone is 12. The molecule has 0 radical (unpaired) electrons. The van der Waals surface area contributed by atoms with Crippen LogP contribution in [0.5, 0.6) is 0 Å². The van der Waals surface area contributed by atoms with Gasteiger partial charge in [-0.25, -0.2) is 9.59 Å². The number of ketones is 6. The zero-order valence-corrected chi connectivity index (χ0v) is 87.8. The second-order valence-electron chi connectivity index (χ2n) is 40.7. The molecule has 0 aromatic rings. The van der Waals surface area contributed by atoms with Gasteiger partial charge in [-0.2, -0.15) is 0 Å². The molecule has 2 aliphatic carbocycles. The van der Waals surface area contributed by atoms with Crippen LogP contribution in [0.4, 0.5) is 0 Å². The first-order valence-corrected chi connectivity index (χ1v) is 53.7. The molecule has 30 nitrogen and oxygen atoms in total. The number of hydrogen-bond donors (Lipinski definition) is 6. The number of hydrogen-bond acceptors (Lipinski definition) is 27. The van der Waals surface area contributed by atoms with E-state index in [4.69, 9.17) is 47.4 Å². The highest BCUT2D eigenvalue weighted by Gasteiger charge is 2.56. The molecule has 138 heavy (non-hydrogen) atoms. The van der Waals surface area contributed by atoms with Gasteiger partial charge in [0.25, 0.3) is 23.4 Å². The van der Waals surface area contributed by atoms with Crippen LogP contribution in [0.25, 0.3) is 0 Å². The molecule has 8 rings (SSSR count). The lowest BCUT2D eigenvalue weighted by molar-refractivity contribution is -0.265. The fraction of sp³-hybridized carbons (Fsp3) is 0.755. The van der Waals surface area contributed by atoms with E-state index < -0.39 is 177 Å². The number of aliphatic hydroxyl groups excluding tert-OH is 3. The molecule has 2 amide bonds. The molecule has 780 valence electrons. The second-order valence-corrected chi connectivity index (χ2v) is 43.5. The number of aliphatic hydroxyl groups is 5. The number of cyclic esters (lactones) is 2. The highest BCUT2D eigenvalue weighted by molar-refractivity contribution is 7.42. The van der Waals surface area contributed by atoms with Crippen molar-refractivity contribution in [2.45, 2.75) is 368 Å². The van der Waals surface area contributed by atoms with Crippen molar-refractivity contribution in [2.75, 3.05) is 75.7 Å². The zero-order chi connectivity index (χ0) is 102. The van der Waals surface area contributed by atoms with Crippen LogP contribution in [0.2, 0.25) is 0 Å². The zero-order valence-electron chi connectivity index (χ0n) is 86.0. The van der Waals surface area contributed by atoms with E-state index in [1.807, 2.05) is 116 Å². The number of methoxy groups -OCH3 is 6. The molecule has 3 unspecified atom stereocenters. The Kier molecular flexibility index (Phi) is 52.2. The van der Waals surface area contributed by atoms with Crippen LogP contribution in [0, 0.1) is 71.0 Å². The Morgan fingerprint density at radius 2 is 0.841 bits per heavy atom. The lowest BCUT2D eigenvalue weighted by Crippen LogP contribution is -2.61. The molecule has 6 N–H and O–H groups in total. The number of piperidine rings is 2. The number of rotatable bonds is 14. The molecule has 6 aliphatic heterocycles. The van der Waals surface area contributed by atoms with Crippen LogP contribution in [0.15, 0.2) is 95.2 Å². The van der Waals surface area contributed by atoms with Crippen LogP contribution in [0.3, 0.4) is 0 Å². The lowest BCUT2D eigenvalue weighted by Gasteiger charge is -2.42. The number of Topliss-reactive ketones (excluding diaryl/α,β-unsaturated/α-hetero) is 6. The molecular formula is C106H171N3O27P2+2. The normalized spacial score (nSPS) is 37.4. The van der Waals surface area contributed by atoms with Gasteiger partial charge in [0.2, 0.25) is 11.6 Å². The lowest BCUT2D eigenvalue weighted by atomic mass is 9.78. The second kappa shape index (κ2) is 59.0. The molecule has 4 saturated heterocycles. The maximum Gasteiger partial charge on any atom is 0.429 e. The van der Waals surface area contributed by atoms with E-state index in [-0.39, 0.29) is 123 Å². The largest absolute Gasteiger partial charge is 0.460 e. The summed E-state index contributed by atoms with van der Waals surface area (Å²) in [6.45, 7) is 30.5. The average molecular weight is 1980 g/mol. The minimum absolute atomic E-state index is 0. The van der Waals surface area contributed by atoms with Crippen molar-refractivity contribution < 1.29 is 130 Å². The number of nitrogens with zero attached hydrogens (tertiary/aromatic N) is 2. The molecule has 0 aromatic heterocycles. The van der Waals surface area contributed by atoms with Crippen LogP contribution >= 0.6 is 15.8 Å². The van der Waals surface area contributed by atoms with Crippen molar-refractivity contribution in [1.82, 2.24) is 14.9 Å². The Morgan fingerprint density at radius 1 is 0.464 bits per heavy atom. The molecule has 6 fully saturated rings. The Morgan fingerprint density at radius 3 is 1.20 bits per heavy atom. The fourth-order valence-electron chi connectivity index (χ4n) is 20.6. The molecule has 4 bridgehead atoms. The summed E-state index contributed by atoms with van der Waals surface area (Å²) in [7, 11) is 6.65. The van der Waals surface area contributed by atoms with Gasteiger partial charge in [-0.3, -0.25) is 38.4 Å². The number of fused-ring (bicyclic) bond motifs is 6. The van der Waals surface area contributed by atoms with Gasteiger partial charge in [0, 0.05) is 117 Å². The third kappa shape index (κ3) is 35.5. The Balaban J connectivity index is 0.000000466. The van der Waals surface area contributed by atoms with Crippen molar-refractivity contribution in [1.29, 1.82) is 0 Å². The van der Waals surface area contributed by atoms with Gasteiger partial charge in [-0.15, -0.1) is 5.09 Å². The molecule has 2 saturated carbocycles. The molecule has 0 aromatic carbocycles. The van der Waals surface area contributed by atoms with Crippen molar-refractivity contribution in [3.05, 3.63) is 95.2 Å². The van der Waals surface area contributed by atoms with E-state index in [0.717, 1.165) is 30.4 Å². The minimum atomic E-state index is -2.43. The first kappa shape index (κ1) is 122. The molecule has 31 atom stereocenters. The molecule has 0 spiro atoms. The maximum atomic E-state index is 14.5. The van der Waals surface area contributed by atoms with Gasteiger partial charge in [0.15, 0.2) is 18.2 Å². The Hall–Kier alpha value is -6.54. The minimum Gasteiger partial charge on any atom is -0.460 e. The van der Waals surface area contributed by atoms with Crippen molar-refractivity contribution in [2.24, 2.45) is 71.0 Å². The predicted molar refractivity (Wildman–Crippen MR) is 531 cm³/mol. The van der Waals surface area contributed by atoms with E-state index in [1.54, 1.807) is 102 Å². The van der Waals surface area contributed by atoms with Crippen molar-refractivity contribution in [3.8, 4) is 0 Å². The van der Waals surface area contributed by atoms with E-state index >= 15 is 0 Å². The van der Waals surface area contributed by atoms with Crippen LogP contribution in [-0.2, 0) is 104 Å². The third-order valence-corrected chi connectivity index (χ3v) is 30.0. The number of nitrogens with one attached hydrogen (secondary N) is 1. The van der Waals surface area contributed by atoms with Crippen molar-refractivity contribution >= 4 is 74.2 Å². The SMILES string of the molecule is C.CO[C@H]1C[C@@H]2CC[C@@H](C)[C@@](O)(O2)C(=O)C(=O)N2CCCC[C@H]2C(=O)O[C@H]([C@H](C)C[C@@H]2CCC(N[P+](C)=O)[C@H](OC)C2)CC(=O)[C@H](C)/C=C(\C)[C@@H](O)[C@@H](OC)C(=O)[C@H](C)C[C@H](C)/C=C/C=CC=C1C.CO[C@H]1C[C@@H]2CC[C@@H](C)[C@@](O)(O2)C(=O)C(=O)N2CCCC[C@H]2C(=O)O[C@H]([C@H](C)C[C@@H]2CCC(O)[C@H](OC)C2)CC(=O)[C@H](C)/C=C(\C)[C@@H](O)[C@@H](OC)C(=O)[C@H](C)C[C@H](C)/C=C/C=CC=C1C.C[P+](C)=O. The Bertz CT molecular complexity index is 4270. The number of carbonyl (C=O) groups is 10. The first-order valence-electron chi connectivity index (χ1n) is 49.8. The topological polar surface area (TPSA) is 417 Å². The van der Waals surface area contributed by atoms with Crippen LogP contribution < -0.4 is 5.09 Å². The molecule has 6 heterocycles.